The van der Waals surface area contributed by atoms with Gasteiger partial charge >= 0.3 is 0 Å². The van der Waals surface area contributed by atoms with Gasteiger partial charge in [-0.3, -0.25) is 15.0 Å². The van der Waals surface area contributed by atoms with Gasteiger partial charge in [-0.25, -0.2) is 4.39 Å². The van der Waals surface area contributed by atoms with Crippen LogP contribution in [-0.4, -0.2) is 64.4 Å². The lowest BCUT2D eigenvalue weighted by molar-refractivity contribution is 0.237. The molecule has 2 aromatic carbocycles. The number of benzene rings is 2. The molecule has 0 bridgehead atoms. The molecule has 0 atom stereocenters. The highest BCUT2D eigenvalue weighted by Gasteiger charge is 2.17. The first-order valence-corrected chi connectivity index (χ1v) is 13.7. The van der Waals surface area contributed by atoms with E-state index in [1.54, 1.807) is 6.07 Å². The fourth-order valence-electron chi connectivity index (χ4n) is 5.79. The Hall–Kier alpha value is -4.01. The number of rotatable bonds is 7. The maximum atomic E-state index is 14.7. The lowest BCUT2D eigenvalue weighted by Crippen LogP contribution is -2.25. The average molecular weight is 523 g/mol. The molecule has 2 aliphatic rings. The van der Waals surface area contributed by atoms with Crippen molar-refractivity contribution in [3.05, 3.63) is 72.3 Å². The Bertz CT molecular complexity index is 1680. The van der Waals surface area contributed by atoms with E-state index < -0.39 is 0 Å². The summed E-state index contributed by atoms with van der Waals surface area (Å²) in [5, 5.41) is 13.1. The third-order valence-corrected chi connectivity index (χ3v) is 7.82. The number of nitrogens with zero attached hydrogens (tertiary/aromatic N) is 3. The zero-order chi connectivity index (χ0) is 26.2. The Morgan fingerprint density at radius 2 is 1.92 bits per heavy atom. The van der Waals surface area contributed by atoms with Crippen molar-refractivity contribution in [2.24, 2.45) is 0 Å². The summed E-state index contributed by atoms with van der Waals surface area (Å²) in [5.74, 6) is 0.254. The van der Waals surface area contributed by atoms with Gasteiger partial charge in [0.25, 0.3) is 0 Å². The second-order valence-electron chi connectivity index (χ2n) is 10.4. The lowest BCUT2D eigenvalue weighted by atomic mass is 10.0. The second-order valence-corrected chi connectivity index (χ2v) is 10.4. The predicted octanol–water partition coefficient (Wildman–Crippen LogP) is 5.76. The molecule has 0 amide bonds. The van der Waals surface area contributed by atoms with Crippen LogP contribution in [0.15, 0.2) is 60.8 Å². The summed E-state index contributed by atoms with van der Waals surface area (Å²) in [6.07, 6.45) is 7.51. The van der Waals surface area contributed by atoms with Gasteiger partial charge in [-0.1, -0.05) is 18.2 Å². The zero-order valence-corrected chi connectivity index (χ0v) is 21.8. The molecule has 5 aromatic rings. The molecule has 7 nitrogen and oxygen atoms in total. The molecule has 0 saturated carbocycles. The van der Waals surface area contributed by atoms with Crippen LogP contribution in [0.4, 0.5) is 4.39 Å². The maximum absolute atomic E-state index is 14.7. The lowest BCUT2D eigenvalue weighted by Gasteiger charge is -2.15. The average Bonchev–Trinajstić information content (AvgIpc) is 3.72. The van der Waals surface area contributed by atoms with Crippen LogP contribution in [-0.2, 0) is 0 Å². The predicted molar refractivity (Wildman–Crippen MR) is 153 cm³/mol. The van der Waals surface area contributed by atoms with Crippen molar-refractivity contribution in [3.8, 4) is 28.3 Å². The van der Waals surface area contributed by atoms with Crippen molar-refractivity contribution in [3.63, 3.8) is 0 Å². The highest BCUT2D eigenvalue weighted by Crippen LogP contribution is 2.36. The number of aromatic nitrogens is 4. The van der Waals surface area contributed by atoms with Crippen molar-refractivity contribution in [2.45, 2.75) is 19.3 Å². The molecule has 0 aliphatic carbocycles. The number of nitrogens with one attached hydrogen (secondary N) is 3. The summed E-state index contributed by atoms with van der Waals surface area (Å²) in [5.41, 5.74) is 7.58. The quantitative estimate of drug-likeness (QED) is 0.253. The summed E-state index contributed by atoms with van der Waals surface area (Å²) >= 11 is 0. The van der Waals surface area contributed by atoms with E-state index in [9.17, 15) is 4.39 Å². The third kappa shape index (κ3) is 4.82. The van der Waals surface area contributed by atoms with Crippen LogP contribution >= 0.6 is 0 Å². The number of ether oxygens (including phenoxy) is 1. The number of H-pyrrole nitrogens is 2. The summed E-state index contributed by atoms with van der Waals surface area (Å²) in [4.78, 5) is 10.6. The monoisotopic (exact) mass is 522 g/mol. The van der Waals surface area contributed by atoms with Crippen molar-refractivity contribution in [1.29, 1.82) is 0 Å². The van der Waals surface area contributed by atoms with E-state index in [2.05, 4.69) is 48.6 Å². The second kappa shape index (κ2) is 10.3. The number of likely N-dealkylation sites (tertiary alicyclic amines) is 1. The van der Waals surface area contributed by atoms with Crippen molar-refractivity contribution in [1.82, 2.24) is 30.4 Å². The van der Waals surface area contributed by atoms with Gasteiger partial charge in [0.15, 0.2) is 0 Å². The highest BCUT2D eigenvalue weighted by atomic mass is 19.1. The van der Waals surface area contributed by atoms with E-state index in [4.69, 9.17) is 4.74 Å². The van der Waals surface area contributed by atoms with Gasteiger partial charge in [0.05, 0.1) is 23.1 Å². The maximum Gasteiger partial charge on any atom is 0.127 e. The topological polar surface area (TPSA) is 81.9 Å². The first-order chi connectivity index (χ1) is 19.2. The fraction of sp³-hybridized carbons (Fsp3) is 0.290. The molecule has 1 saturated heterocycles. The van der Waals surface area contributed by atoms with Gasteiger partial charge in [-0.15, -0.1) is 0 Å². The smallest absolute Gasteiger partial charge is 0.127 e. The van der Waals surface area contributed by atoms with Crippen molar-refractivity contribution in [2.75, 3.05) is 39.3 Å². The Morgan fingerprint density at radius 1 is 1.00 bits per heavy atom. The first-order valence-electron chi connectivity index (χ1n) is 13.7. The van der Waals surface area contributed by atoms with Crippen molar-refractivity contribution < 1.29 is 9.13 Å². The molecule has 0 unspecified atom stereocenters. The van der Waals surface area contributed by atoms with Gasteiger partial charge < -0.3 is 15.0 Å². The Labute approximate surface area is 226 Å². The summed E-state index contributed by atoms with van der Waals surface area (Å²) in [7, 11) is 0. The normalized spacial score (nSPS) is 16.3. The van der Waals surface area contributed by atoms with Crippen LogP contribution in [0.3, 0.4) is 0 Å². The van der Waals surface area contributed by atoms with Gasteiger partial charge in [0.2, 0.25) is 0 Å². The number of halogens is 1. The summed E-state index contributed by atoms with van der Waals surface area (Å²) in [6.45, 7) is 5.48. The van der Waals surface area contributed by atoms with Crippen LogP contribution in [0.25, 0.3) is 49.9 Å². The molecule has 3 aromatic heterocycles. The molecule has 5 heterocycles. The molecular formula is C31H31FN6O. The first kappa shape index (κ1) is 24.1. The molecule has 3 N–H and O–H groups in total. The number of hydrogen-bond acceptors (Lipinski definition) is 5. The number of fused-ring (bicyclic) bond motifs is 2. The van der Waals surface area contributed by atoms with E-state index in [0.717, 1.165) is 89.2 Å². The molecule has 2 aliphatic heterocycles. The Balaban J connectivity index is 1.22. The number of pyridine rings is 1. The van der Waals surface area contributed by atoms with E-state index in [1.165, 1.54) is 24.5 Å². The van der Waals surface area contributed by atoms with E-state index in [0.29, 0.717) is 12.4 Å². The summed E-state index contributed by atoms with van der Waals surface area (Å²) < 4.78 is 20.7. The largest absolute Gasteiger partial charge is 0.492 e. The fourth-order valence-corrected chi connectivity index (χ4v) is 5.79. The standard InChI is InChI=1S/C31H31FN6O/c32-22-14-21(15-23(16-22)39-13-12-38-10-1-2-11-38)24-4-3-5-27-25(24)17-29(35-27)31-26-18-28(20-6-8-33-9-7-20)34-19-30(26)36-37-31/h3-6,14-19,33,35H,1-2,7-13H2,(H,36,37). The van der Waals surface area contributed by atoms with Gasteiger partial charge in [0, 0.05) is 35.4 Å². The molecule has 8 heteroatoms. The third-order valence-electron chi connectivity index (χ3n) is 7.82. The Morgan fingerprint density at radius 3 is 2.79 bits per heavy atom. The Kier molecular flexibility index (Phi) is 6.34. The van der Waals surface area contributed by atoms with Crippen LogP contribution < -0.4 is 10.1 Å². The SMILES string of the molecule is Fc1cc(OCCN2CCCC2)cc(-c2cccc3[nH]c(-c4n[nH]c5cnc(C6=CCNCC6)cc45)cc23)c1. The van der Waals surface area contributed by atoms with Gasteiger partial charge in [-0.2, -0.15) is 5.10 Å². The molecule has 39 heavy (non-hydrogen) atoms. The molecule has 0 spiro atoms. The molecular weight excluding hydrogens is 491 g/mol. The minimum absolute atomic E-state index is 0.304. The van der Waals surface area contributed by atoms with Crippen LogP contribution in [0, 0.1) is 5.82 Å². The van der Waals surface area contributed by atoms with Crippen LogP contribution in [0.5, 0.6) is 5.75 Å². The molecule has 7 rings (SSSR count). The number of hydrogen-bond donors (Lipinski definition) is 3. The van der Waals surface area contributed by atoms with Crippen molar-refractivity contribution >= 4 is 27.4 Å². The summed E-state index contributed by atoms with van der Waals surface area (Å²) in [6, 6.07) is 15.2. The molecule has 0 radical (unpaired) electrons. The van der Waals surface area contributed by atoms with E-state index >= 15 is 0 Å². The van der Waals surface area contributed by atoms with Gasteiger partial charge in [0.1, 0.15) is 23.9 Å². The van der Waals surface area contributed by atoms with Gasteiger partial charge in [-0.05, 0) is 85.9 Å². The van der Waals surface area contributed by atoms with E-state index in [1.807, 2.05) is 30.5 Å². The number of aromatic amines is 2. The van der Waals surface area contributed by atoms with Crippen LogP contribution in [0.1, 0.15) is 25.0 Å². The minimum atomic E-state index is -0.304. The van der Waals surface area contributed by atoms with Crippen LogP contribution in [0.2, 0.25) is 0 Å². The minimum Gasteiger partial charge on any atom is -0.492 e. The molecule has 1 fully saturated rings. The molecule has 198 valence electrons. The zero-order valence-electron chi connectivity index (χ0n) is 21.8. The highest BCUT2D eigenvalue weighted by molar-refractivity contribution is 6.01. The van der Waals surface area contributed by atoms with E-state index in [-0.39, 0.29) is 5.82 Å².